The number of carbonyl (C=O) groups is 2. The number of fused-ring (bicyclic) bond motifs is 1. The second-order valence-corrected chi connectivity index (χ2v) is 14.7. The van der Waals surface area contributed by atoms with Crippen LogP contribution in [0.5, 0.6) is 11.5 Å². The van der Waals surface area contributed by atoms with Gasteiger partial charge >= 0.3 is 12.2 Å². The molecule has 8 nitrogen and oxygen atoms in total. The summed E-state index contributed by atoms with van der Waals surface area (Å²) >= 11 is 11.9. The zero-order valence-electron chi connectivity index (χ0n) is 29.6. The summed E-state index contributed by atoms with van der Waals surface area (Å²) in [5, 5.41) is 28.5. The van der Waals surface area contributed by atoms with Crippen LogP contribution in [0.4, 0.5) is 8.78 Å². The fourth-order valence-electron chi connectivity index (χ4n) is 6.67. The highest BCUT2D eigenvalue weighted by atomic mass is 35.5. The summed E-state index contributed by atoms with van der Waals surface area (Å²) in [7, 11) is 0. The third kappa shape index (κ3) is 11.0. The number of benzene rings is 4. The van der Waals surface area contributed by atoms with Crippen LogP contribution in [0.2, 0.25) is 10.0 Å². The highest BCUT2D eigenvalue weighted by molar-refractivity contribution is 6.31. The molecule has 2 amide bonds. The Morgan fingerprint density at radius 1 is 0.691 bits per heavy atom. The smallest absolute Gasteiger partial charge is 0.321 e. The van der Waals surface area contributed by atoms with E-state index < -0.39 is 35.0 Å². The molecule has 1 heterocycles. The van der Waals surface area contributed by atoms with Crippen LogP contribution in [0.15, 0.2) is 91.0 Å². The van der Waals surface area contributed by atoms with Gasteiger partial charge in [-0.25, -0.2) is 8.78 Å². The van der Waals surface area contributed by atoms with Crippen molar-refractivity contribution in [3.63, 3.8) is 0 Å². The van der Waals surface area contributed by atoms with Crippen LogP contribution in [0.3, 0.4) is 0 Å². The highest BCUT2D eigenvalue weighted by Crippen LogP contribution is 2.35. The monoisotopic (exact) mass is 786 g/mol. The van der Waals surface area contributed by atoms with Crippen LogP contribution in [-0.2, 0) is 4.79 Å². The fraction of sp³-hybridized carbons (Fsp3) is 0.302. The van der Waals surface area contributed by atoms with Crippen LogP contribution < -0.4 is 20.1 Å². The van der Waals surface area contributed by atoms with Gasteiger partial charge in [0.1, 0.15) is 11.2 Å². The number of amides is 2. The largest absolute Gasteiger partial charge is 0.442 e. The molecule has 2 aliphatic carbocycles. The number of aliphatic hydroxyl groups is 2. The van der Waals surface area contributed by atoms with E-state index in [1.54, 1.807) is 48.5 Å². The molecule has 4 atom stereocenters. The number of hydrogen-bond acceptors (Lipinski definition) is 6. The Bertz CT molecular complexity index is 2160. The van der Waals surface area contributed by atoms with Crippen molar-refractivity contribution in [3.05, 3.63) is 129 Å². The van der Waals surface area contributed by atoms with E-state index in [1.807, 2.05) is 24.3 Å². The minimum absolute atomic E-state index is 0.0352. The van der Waals surface area contributed by atoms with Crippen molar-refractivity contribution in [2.75, 3.05) is 0 Å². The third-order valence-electron chi connectivity index (χ3n) is 9.38. The molecule has 2 saturated carbocycles. The van der Waals surface area contributed by atoms with E-state index in [-0.39, 0.29) is 30.0 Å². The van der Waals surface area contributed by atoms with Crippen LogP contribution in [0.1, 0.15) is 72.9 Å². The lowest BCUT2D eigenvalue weighted by atomic mass is 9.82. The summed E-state index contributed by atoms with van der Waals surface area (Å²) in [6.07, 6.45) is 3.56. The molecule has 4 aromatic rings. The van der Waals surface area contributed by atoms with Crippen molar-refractivity contribution in [2.24, 2.45) is 0 Å². The first kappa shape index (κ1) is 39.6. The van der Waals surface area contributed by atoms with Crippen molar-refractivity contribution >= 4 is 35.0 Å². The number of para-hydroxylation sites is 2. The summed E-state index contributed by atoms with van der Waals surface area (Å²) in [4.78, 5) is 24.8. The van der Waals surface area contributed by atoms with Crippen molar-refractivity contribution in [1.29, 1.82) is 0 Å². The van der Waals surface area contributed by atoms with Gasteiger partial charge in [0.25, 0.3) is 5.91 Å². The second kappa shape index (κ2) is 17.6. The highest BCUT2D eigenvalue weighted by Gasteiger charge is 2.37. The van der Waals surface area contributed by atoms with Gasteiger partial charge in [0.05, 0.1) is 0 Å². The van der Waals surface area contributed by atoms with Gasteiger partial charge in [0.15, 0.2) is 23.1 Å². The van der Waals surface area contributed by atoms with Gasteiger partial charge in [-0.2, -0.15) is 0 Å². The molecule has 3 aliphatic rings. The van der Waals surface area contributed by atoms with Crippen molar-refractivity contribution in [1.82, 2.24) is 10.6 Å². The first-order valence-electron chi connectivity index (χ1n) is 17.9. The number of rotatable bonds is 4. The van der Waals surface area contributed by atoms with Crippen LogP contribution in [0.25, 0.3) is 0 Å². The van der Waals surface area contributed by atoms with Crippen LogP contribution >= 0.6 is 23.2 Å². The molecule has 0 unspecified atom stereocenters. The van der Waals surface area contributed by atoms with E-state index >= 15 is 0 Å². The van der Waals surface area contributed by atoms with Crippen LogP contribution in [-0.4, -0.2) is 51.6 Å². The number of ether oxygens (including phenoxy) is 2. The first-order chi connectivity index (χ1) is 26.3. The fourth-order valence-corrected chi connectivity index (χ4v) is 7.05. The molecule has 0 saturated heterocycles. The second-order valence-electron chi connectivity index (χ2n) is 13.8. The molecule has 0 aromatic heterocycles. The maximum Gasteiger partial charge on any atom is 0.321 e. The standard InChI is InChI=1S/C22H20ClNO4.C21H18ClF2NO2/c23-16-6-3-5-15(13-16)10-12-22(26)11-4-7-17(14-22)24-20(25)21-27-18-8-1-2-9-19(18)28-21;22-16-4-1-3-14(11-16)8-10-21(27)9-2-5-17(13-21)25-20(26)15-6-7-18(23)19(24)12-15/h1-3,5-6,8-9,13,17,21,26H,4,7,11,14H2,(H,24,25);1,3-4,6-7,11-12,17,27H,2,5,9,13H2,(H,25,26)/t17-,22+;17-,21+/m11/s1. The lowest BCUT2D eigenvalue weighted by molar-refractivity contribution is -0.138. The van der Waals surface area contributed by atoms with Gasteiger partial charge in [-0.15, -0.1) is 0 Å². The summed E-state index contributed by atoms with van der Waals surface area (Å²) in [6.45, 7) is 0. The number of halogens is 4. The average molecular weight is 788 g/mol. The molecule has 12 heteroatoms. The Balaban J connectivity index is 0.000000187. The van der Waals surface area contributed by atoms with E-state index in [0.29, 0.717) is 59.2 Å². The Morgan fingerprint density at radius 3 is 1.73 bits per heavy atom. The van der Waals surface area contributed by atoms with Gasteiger partial charge in [-0.1, -0.05) is 71.1 Å². The first-order valence-corrected chi connectivity index (χ1v) is 18.6. The van der Waals surface area contributed by atoms with E-state index in [4.69, 9.17) is 32.7 Å². The minimum atomic E-state index is -1.23. The number of nitrogens with one attached hydrogen (secondary N) is 2. The predicted octanol–water partition coefficient (Wildman–Crippen LogP) is 7.35. The van der Waals surface area contributed by atoms with Gasteiger partial charge in [-0.05, 0) is 105 Å². The molecule has 1 aliphatic heterocycles. The maximum absolute atomic E-state index is 13.3. The minimum Gasteiger partial charge on any atom is -0.442 e. The zero-order chi connectivity index (χ0) is 39.0. The molecule has 55 heavy (non-hydrogen) atoms. The third-order valence-corrected chi connectivity index (χ3v) is 9.85. The van der Waals surface area contributed by atoms with Crippen LogP contribution in [0, 0.1) is 35.3 Å². The predicted molar refractivity (Wildman–Crippen MR) is 205 cm³/mol. The SMILES string of the molecule is O=C(N[C@@H]1CCC[C@](O)(C#Cc2cccc(Cl)c2)C1)C1Oc2ccccc2O1.O=C(N[C@@H]1CCC[C@](O)(C#Cc2cccc(Cl)c2)C1)c1ccc(F)c(F)c1. The molecule has 0 bridgehead atoms. The topological polar surface area (TPSA) is 117 Å². The van der Waals surface area contributed by atoms with Gasteiger partial charge in [0.2, 0.25) is 0 Å². The molecule has 7 rings (SSSR count). The van der Waals surface area contributed by atoms with Crippen molar-refractivity contribution in [3.8, 4) is 35.2 Å². The van der Waals surface area contributed by atoms with Crippen molar-refractivity contribution in [2.45, 2.75) is 80.9 Å². The number of carbonyl (C=O) groups excluding carboxylic acids is 2. The lowest BCUT2D eigenvalue weighted by Crippen LogP contribution is -2.49. The quantitative estimate of drug-likeness (QED) is 0.161. The average Bonchev–Trinajstić information content (AvgIpc) is 3.60. The molecular weight excluding hydrogens is 749 g/mol. The van der Waals surface area contributed by atoms with Gasteiger partial charge in [0, 0.05) is 51.7 Å². The Hall–Kier alpha value is -5.10. The molecule has 4 N–H and O–H groups in total. The van der Waals surface area contributed by atoms with E-state index in [2.05, 4.69) is 34.3 Å². The zero-order valence-corrected chi connectivity index (χ0v) is 31.1. The molecule has 284 valence electrons. The Labute approximate surface area is 328 Å². The molecule has 4 aromatic carbocycles. The maximum atomic E-state index is 13.3. The van der Waals surface area contributed by atoms with Gasteiger partial charge < -0.3 is 30.3 Å². The lowest BCUT2D eigenvalue weighted by Gasteiger charge is -2.33. The molecule has 0 radical (unpaired) electrons. The Kier molecular flexibility index (Phi) is 12.7. The molecule has 2 fully saturated rings. The van der Waals surface area contributed by atoms with E-state index in [1.165, 1.54) is 6.07 Å². The summed E-state index contributed by atoms with van der Waals surface area (Å²) in [5.74, 6) is 9.93. The van der Waals surface area contributed by atoms with Crippen molar-refractivity contribution < 1.29 is 38.1 Å². The van der Waals surface area contributed by atoms with Gasteiger partial charge in [-0.3, -0.25) is 9.59 Å². The normalized spacial score (nSPS) is 22.7. The summed E-state index contributed by atoms with van der Waals surface area (Å²) in [6, 6.07) is 23.9. The van der Waals surface area contributed by atoms with E-state index in [9.17, 15) is 28.6 Å². The summed E-state index contributed by atoms with van der Waals surface area (Å²) < 4.78 is 37.4. The number of hydrogen-bond donors (Lipinski definition) is 4. The van der Waals surface area contributed by atoms with E-state index in [0.717, 1.165) is 30.5 Å². The molecule has 0 spiro atoms. The Morgan fingerprint density at radius 2 is 1.22 bits per heavy atom. The molecular formula is C43H38Cl2F2N2O6. The summed E-state index contributed by atoms with van der Waals surface area (Å²) in [5.41, 5.74) is -0.902.